The van der Waals surface area contributed by atoms with Gasteiger partial charge >= 0.3 is 0 Å². The molecule has 15 heavy (non-hydrogen) atoms. The van der Waals surface area contributed by atoms with Gasteiger partial charge in [0.25, 0.3) is 0 Å². The highest BCUT2D eigenvalue weighted by molar-refractivity contribution is 6.30. The van der Waals surface area contributed by atoms with Crippen LogP contribution in [0.15, 0.2) is 24.5 Å². The first-order valence-corrected chi connectivity index (χ1v) is 5.29. The topological polar surface area (TPSA) is 26.5 Å². The summed E-state index contributed by atoms with van der Waals surface area (Å²) in [4.78, 5) is 4.47. The van der Waals surface area contributed by atoms with Crippen molar-refractivity contribution in [2.24, 2.45) is 0 Å². The van der Waals surface area contributed by atoms with Crippen molar-refractivity contribution in [3.63, 3.8) is 0 Å². The summed E-state index contributed by atoms with van der Waals surface area (Å²) in [6.45, 7) is 0.772. The molecule has 3 nitrogen and oxygen atoms in total. The lowest BCUT2D eigenvalue weighted by atomic mass is 10.3. The molecule has 0 aliphatic heterocycles. The number of pyridine rings is 1. The lowest BCUT2D eigenvalue weighted by molar-refractivity contribution is 0.195. The van der Waals surface area contributed by atoms with E-state index in [4.69, 9.17) is 16.3 Å². The van der Waals surface area contributed by atoms with Crippen molar-refractivity contribution in [1.82, 2.24) is 9.38 Å². The number of imidazole rings is 1. The van der Waals surface area contributed by atoms with E-state index in [-0.39, 0.29) is 0 Å². The van der Waals surface area contributed by atoms with Gasteiger partial charge in [-0.05, 0) is 25.0 Å². The second-order valence-electron chi connectivity index (χ2n) is 3.44. The Morgan fingerprint density at radius 1 is 1.53 bits per heavy atom. The Kier molecular flexibility index (Phi) is 3.23. The van der Waals surface area contributed by atoms with Gasteiger partial charge in [0, 0.05) is 31.1 Å². The first-order valence-electron chi connectivity index (χ1n) is 4.91. The zero-order valence-corrected chi connectivity index (χ0v) is 9.37. The molecule has 0 bridgehead atoms. The summed E-state index contributed by atoms with van der Waals surface area (Å²) < 4.78 is 6.98. The molecule has 0 radical (unpaired) electrons. The van der Waals surface area contributed by atoms with Crippen molar-refractivity contribution in [3.8, 4) is 0 Å². The van der Waals surface area contributed by atoms with Gasteiger partial charge in [-0.25, -0.2) is 4.98 Å². The van der Waals surface area contributed by atoms with Crippen LogP contribution in [0.1, 0.15) is 12.1 Å². The number of aryl methyl sites for hydroxylation is 1. The normalized spacial score (nSPS) is 11.1. The second-order valence-corrected chi connectivity index (χ2v) is 3.88. The summed E-state index contributed by atoms with van der Waals surface area (Å²) in [6, 6.07) is 3.72. The van der Waals surface area contributed by atoms with Crippen LogP contribution in [0.5, 0.6) is 0 Å². The maximum absolute atomic E-state index is 5.88. The molecule has 0 aliphatic rings. The quantitative estimate of drug-likeness (QED) is 0.747. The van der Waals surface area contributed by atoms with Crippen molar-refractivity contribution >= 4 is 17.2 Å². The number of rotatable bonds is 4. The number of nitrogens with zero attached hydrogens (tertiary/aromatic N) is 2. The summed E-state index contributed by atoms with van der Waals surface area (Å²) in [7, 11) is 1.71. The fourth-order valence-electron chi connectivity index (χ4n) is 1.53. The largest absolute Gasteiger partial charge is 0.385 e. The molecular weight excluding hydrogens is 212 g/mol. The summed E-state index contributed by atoms with van der Waals surface area (Å²) in [5.41, 5.74) is 1.98. The van der Waals surface area contributed by atoms with Crippen molar-refractivity contribution in [3.05, 3.63) is 35.2 Å². The molecule has 0 amide bonds. The molecule has 80 valence electrons. The van der Waals surface area contributed by atoms with Gasteiger partial charge in [-0.15, -0.1) is 0 Å². The summed E-state index contributed by atoms with van der Waals surface area (Å²) in [5, 5.41) is 0.719. The Labute approximate surface area is 93.6 Å². The number of fused-ring (bicyclic) bond motifs is 1. The van der Waals surface area contributed by atoms with Gasteiger partial charge in [0.15, 0.2) is 0 Å². The number of hydrogen-bond acceptors (Lipinski definition) is 2. The average molecular weight is 225 g/mol. The van der Waals surface area contributed by atoms with E-state index in [1.165, 1.54) is 0 Å². The Bertz CT molecular complexity index is 453. The lowest BCUT2D eigenvalue weighted by Gasteiger charge is -1.94. The third-order valence-electron chi connectivity index (χ3n) is 2.25. The van der Waals surface area contributed by atoms with Crippen LogP contribution in [0, 0.1) is 0 Å². The molecule has 2 aromatic rings. The molecule has 0 aromatic carbocycles. The number of hydrogen-bond donors (Lipinski definition) is 0. The highest BCUT2D eigenvalue weighted by Crippen LogP contribution is 2.13. The third kappa shape index (κ3) is 2.49. The van der Waals surface area contributed by atoms with E-state index in [0.717, 1.165) is 35.8 Å². The minimum Gasteiger partial charge on any atom is -0.385 e. The molecule has 0 unspecified atom stereocenters. The van der Waals surface area contributed by atoms with Crippen LogP contribution in [0.4, 0.5) is 0 Å². The van der Waals surface area contributed by atoms with E-state index in [1.54, 1.807) is 7.11 Å². The van der Waals surface area contributed by atoms with E-state index in [1.807, 2.05) is 28.9 Å². The van der Waals surface area contributed by atoms with Gasteiger partial charge in [0.1, 0.15) is 5.65 Å². The molecule has 0 aliphatic carbocycles. The number of methoxy groups -OCH3 is 1. The minimum absolute atomic E-state index is 0.719. The van der Waals surface area contributed by atoms with E-state index in [2.05, 4.69) is 4.98 Å². The SMILES string of the molecule is COCCCc1cn2ccc(Cl)cc2n1. The molecule has 0 saturated heterocycles. The van der Waals surface area contributed by atoms with Crippen LogP contribution in [0.2, 0.25) is 5.02 Å². The van der Waals surface area contributed by atoms with Gasteiger partial charge in [0.2, 0.25) is 0 Å². The number of ether oxygens (including phenoxy) is 1. The summed E-state index contributed by atoms with van der Waals surface area (Å²) >= 11 is 5.88. The molecule has 4 heteroatoms. The van der Waals surface area contributed by atoms with Gasteiger partial charge in [-0.3, -0.25) is 0 Å². The smallest absolute Gasteiger partial charge is 0.138 e. The van der Waals surface area contributed by atoms with Crippen molar-refractivity contribution in [2.45, 2.75) is 12.8 Å². The van der Waals surface area contributed by atoms with E-state index in [9.17, 15) is 0 Å². The van der Waals surface area contributed by atoms with Crippen molar-refractivity contribution in [2.75, 3.05) is 13.7 Å². The van der Waals surface area contributed by atoms with Crippen LogP contribution in [-0.4, -0.2) is 23.1 Å². The van der Waals surface area contributed by atoms with Gasteiger partial charge in [0.05, 0.1) is 5.69 Å². The molecule has 0 N–H and O–H groups in total. The standard InChI is InChI=1S/C11H13ClN2O/c1-15-6-2-3-10-8-14-5-4-9(12)7-11(14)13-10/h4-5,7-8H,2-3,6H2,1H3. The maximum Gasteiger partial charge on any atom is 0.138 e. The fraction of sp³-hybridized carbons (Fsp3) is 0.364. The Morgan fingerprint density at radius 3 is 3.20 bits per heavy atom. The van der Waals surface area contributed by atoms with Gasteiger partial charge < -0.3 is 9.14 Å². The zero-order valence-electron chi connectivity index (χ0n) is 8.61. The van der Waals surface area contributed by atoms with Crippen LogP contribution < -0.4 is 0 Å². The monoisotopic (exact) mass is 224 g/mol. The average Bonchev–Trinajstić information content (AvgIpc) is 2.60. The second kappa shape index (κ2) is 4.64. The first kappa shape index (κ1) is 10.5. The Hall–Kier alpha value is -1.06. The molecule has 0 fully saturated rings. The molecular formula is C11H13ClN2O. The number of halogens is 1. The highest BCUT2D eigenvalue weighted by atomic mass is 35.5. The first-order chi connectivity index (χ1) is 7.29. The van der Waals surface area contributed by atoms with Crippen LogP contribution in [0.3, 0.4) is 0 Å². The predicted octanol–water partition coefficient (Wildman–Crippen LogP) is 2.57. The van der Waals surface area contributed by atoms with Crippen LogP contribution in [0.25, 0.3) is 5.65 Å². The molecule has 2 heterocycles. The Balaban J connectivity index is 2.16. The third-order valence-corrected chi connectivity index (χ3v) is 2.49. The molecule has 2 aromatic heterocycles. The fourth-order valence-corrected chi connectivity index (χ4v) is 1.68. The molecule has 0 spiro atoms. The number of aromatic nitrogens is 2. The molecule has 2 rings (SSSR count). The predicted molar refractivity (Wildman–Crippen MR) is 60.4 cm³/mol. The summed E-state index contributed by atoms with van der Waals surface area (Å²) in [6.07, 6.45) is 5.88. The van der Waals surface area contributed by atoms with E-state index in [0.29, 0.717) is 0 Å². The zero-order chi connectivity index (χ0) is 10.7. The van der Waals surface area contributed by atoms with Crippen molar-refractivity contribution in [1.29, 1.82) is 0 Å². The lowest BCUT2D eigenvalue weighted by Crippen LogP contribution is -1.92. The van der Waals surface area contributed by atoms with E-state index >= 15 is 0 Å². The maximum atomic E-state index is 5.88. The highest BCUT2D eigenvalue weighted by Gasteiger charge is 2.01. The van der Waals surface area contributed by atoms with Gasteiger partial charge in [-0.1, -0.05) is 11.6 Å². The molecule has 0 saturated carbocycles. The molecule has 0 atom stereocenters. The van der Waals surface area contributed by atoms with Crippen molar-refractivity contribution < 1.29 is 4.74 Å². The van der Waals surface area contributed by atoms with E-state index < -0.39 is 0 Å². The van der Waals surface area contributed by atoms with Crippen LogP contribution >= 0.6 is 11.6 Å². The van der Waals surface area contributed by atoms with Gasteiger partial charge in [-0.2, -0.15) is 0 Å². The van der Waals surface area contributed by atoms with Crippen LogP contribution in [-0.2, 0) is 11.2 Å². The minimum atomic E-state index is 0.719. The Morgan fingerprint density at radius 2 is 2.40 bits per heavy atom. The summed E-state index contributed by atoms with van der Waals surface area (Å²) in [5.74, 6) is 0.